The number of nitrogens with one attached hydrogen (secondary N) is 1. The first-order chi connectivity index (χ1) is 14.1. The summed E-state index contributed by atoms with van der Waals surface area (Å²) in [6.45, 7) is 3.41. The first kappa shape index (κ1) is 23.5. The second-order valence-electron chi connectivity index (χ2n) is 6.62. The Bertz CT molecular complexity index is 1010. The van der Waals surface area contributed by atoms with Crippen LogP contribution in [0.5, 0.6) is 11.5 Å². The number of benzene rings is 2. The predicted octanol–water partition coefficient (Wildman–Crippen LogP) is 3.05. The van der Waals surface area contributed by atoms with E-state index in [0.29, 0.717) is 5.75 Å². The number of amides is 1. The molecule has 0 atom stereocenters. The van der Waals surface area contributed by atoms with Gasteiger partial charge < -0.3 is 9.47 Å². The summed E-state index contributed by atoms with van der Waals surface area (Å²) in [6.07, 6.45) is 2.52. The monoisotopic (exact) mass is 453 g/mol. The molecule has 0 aliphatic rings. The predicted molar refractivity (Wildman–Crippen MR) is 118 cm³/mol. The van der Waals surface area contributed by atoms with E-state index >= 15 is 0 Å². The van der Waals surface area contributed by atoms with E-state index in [0.717, 1.165) is 21.9 Å². The molecule has 8 nitrogen and oxygen atoms in total. The smallest absolute Gasteiger partial charge is 0.260 e. The highest BCUT2D eigenvalue weighted by molar-refractivity contribution is 7.92. The highest BCUT2D eigenvalue weighted by Gasteiger charge is 2.21. The van der Waals surface area contributed by atoms with Crippen LogP contribution in [0.15, 0.2) is 47.6 Å². The molecule has 0 spiro atoms. The van der Waals surface area contributed by atoms with Crippen LogP contribution >= 0.6 is 11.6 Å². The molecule has 0 saturated heterocycles. The van der Waals surface area contributed by atoms with Gasteiger partial charge in [-0.25, -0.2) is 13.8 Å². The number of hydrazone groups is 1. The number of ether oxygens (including phenoxy) is 2. The Balaban J connectivity index is 2.04. The van der Waals surface area contributed by atoms with E-state index in [-0.39, 0.29) is 16.8 Å². The number of carbonyl (C=O) groups is 1. The lowest BCUT2D eigenvalue weighted by atomic mass is 10.2. The van der Waals surface area contributed by atoms with Gasteiger partial charge in [-0.2, -0.15) is 5.10 Å². The molecule has 0 aliphatic heterocycles. The molecule has 0 unspecified atom stereocenters. The van der Waals surface area contributed by atoms with Gasteiger partial charge in [0, 0.05) is 0 Å². The zero-order valence-electron chi connectivity index (χ0n) is 17.1. The lowest BCUT2D eigenvalue weighted by Gasteiger charge is -2.21. The fourth-order valence-corrected chi connectivity index (χ4v) is 3.56. The minimum absolute atomic E-state index is 0.0715. The number of halogens is 1. The van der Waals surface area contributed by atoms with Crippen LogP contribution in [0.3, 0.4) is 0 Å². The van der Waals surface area contributed by atoms with Crippen molar-refractivity contribution in [3.05, 3.63) is 53.1 Å². The third-order valence-electron chi connectivity index (χ3n) is 3.77. The summed E-state index contributed by atoms with van der Waals surface area (Å²) >= 11 is 6.07. The van der Waals surface area contributed by atoms with Crippen molar-refractivity contribution in [1.29, 1.82) is 0 Å². The van der Waals surface area contributed by atoms with Crippen molar-refractivity contribution in [2.75, 3.05) is 24.2 Å². The Kier molecular flexibility index (Phi) is 8.08. The molecule has 0 radical (unpaired) electrons. The first-order valence-electron chi connectivity index (χ1n) is 9.00. The number of anilines is 1. The summed E-state index contributed by atoms with van der Waals surface area (Å²) in [5.74, 6) is 0.518. The Morgan fingerprint density at radius 1 is 1.23 bits per heavy atom. The van der Waals surface area contributed by atoms with Gasteiger partial charge in [0.15, 0.2) is 0 Å². The van der Waals surface area contributed by atoms with Gasteiger partial charge in [-0.3, -0.25) is 9.10 Å². The minimum Gasteiger partial charge on any atom is -0.495 e. The molecule has 0 aromatic heterocycles. The summed E-state index contributed by atoms with van der Waals surface area (Å²) < 4.78 is 35.9. The molecular weight excluding hydrogens is 430 g/mol. The minimum atomic E-state index is -3.73. The molecule has 1 amide bonds. The van der Waals surface area contributed by atoms with Crippen LogP contribution in [0.2, 0.25) is 5.02 Å². The van der Waals surface area contributed by atoms with E-state index in [2.05, 4.69) is 10.5 Å². The molecule has 0 aliphatic carbocycles. The van der Waals surface area contributed by atoms with Crippen molar-refractivity contribution in [3.8, 4) is 11.5 Å². The van der Waals surface area contributed by atoms with Gasteiger partial charge in [-0.05, 0) is 61.9 Å². The van der Waals surface area contributed by atoms with Crippen molar-refractivity contribution < 1.29 is 22.7 Å². The van der Waals surface area contributed by atoms with Crippen molar-refractivity contribution in [3.63, 3.8) is 0 Å². The van der Waals surface area contributed by atoms with Crippen LogP contribution < -0.4 is 19.2 Å². The van der Waals surface area contributed by atoms with Gasteiger partial charge in [0.2, 0.25) is 10.0 Å². The fourth-order valence-electron chi connectivity index (χ4n) is 2.46. The van der Waals surface area contributed by atoms with Gasteiger partial charge >= 0.3 is 0 Å². The molecule has 162 valence electrons. The second-order valence-corrected chi connectivity index (χ2v) is 8.93. The zero-order chi connectivity index (χ0) is 22.3. The van der Waals surface area contributed by atoms with E-state index in [4.69, 9.17) is 21.1 Å². The van der Waals surface area contributed by atoms with Crippen LogP contribution in [-0.4, -0.2) is 46.6 Å². The quantitative estimate of drug-likeness (QED) is 0.465. The van der Waals surface area contributed by atoms with E-state index in [1.807, 2.05) is 13.8 Å². The number of sulfonamides is 1. The molecular formula is C20H24ClN3O5S. The normalized spacial score (nSPS) is 11.5. The topological polar surface area (TPSA) is 97.3 Å². The molecule has 0 heterocycles. The molecule has 2 rings (SSSR count). The maximum atomic E-state index is 12.2. The fraction of sp³-hybridized carbons (Fsp3) is 0.300. The van der Waals surface area contributed by atoms with Crippen molar-refractivity contribution >= 4 is 39.4 Å². The lowest BCUT2D eigenvalue weighted by molar-refractivity contribution is -0.119. The average Bonchev–Trinajstić information content (AvgIpc) is 2.66. The van der Waals surface area contributed by atoms with Gasteiger partial charge in [0.1, 0.15) is 18.0 Å². The third kappa shape index (κ3) is 6.93. The van der Waals surface area contributed by atoms with E-state index in [1.54, 1.807) is 24.3 Å². The number of rotatable bonds is 9. The molecule has 10 heteroatoms. The summed E-state index contributed by atoms with van der Waals surface area (Å²) in [6, 6.07) is 11.6. The van der Waals surface area contributed by atoms with Crippen molar-refractivity contribution in [1.82, 2.24) is 5.43 Å². The Morgan fingerprint density at radius 2 is 1.90 bits per heavy atom. The van der Waals surface area contributed by atoms with Crippen LogP contribution in [-0.2, 0) is 14.8 Å². The third-order valence-corrected chi connectivity index (χ3v) is 5.20. The van der Waals surface area contributed by atoms with Crippen LogP contribution in [0.1, 0.15) is 19.4 Å². The molecule has 0 saturated carbocycles. The average molecular weight is 454 g/mol. The largest absolute Gasteiger partial charge is 0.495 e. The maximum Gasteiger partial charge on any atom is 0.260 e. The summed E-state index contributed by atoms with van der Waals surface area (Å²) in [7, 11) is -2.28. The highest BCUT2D eigenvalue weighted by atomic mass is 35.5. The van der Waals surface area contributed by atoms with Crippen LogP contribution in [0, 0.1) is 0 Å². The molecule has 1 N–H and O–H groups in total. The number of nitrogens with zero attached hydrogens (tertiary/aromatic N) is 2. The molecule has 2 aromatic rings. The molecule has 0 fully saturated rings. The van der Waals surface area contributed by atoms with Crippen LogP contribution in [0.4, 0.5) is 5.69 Å². The molecule has 2 aromatic carbocycles. The zero-order valence-corrected chi connectivity index (χ0v) is 18.7. The van der Waals surface area contributed by atoms with E-state index in [9.17, 15) is 13.2 Å². The lowest BCUT2D eigenvalue weighted by Crippen LogP contribution is -2.39. The molecule has 30 heavy (non-hydrogen) atoms. The van der Waals surface area contributed by atoms with Crippen molar-refractivity contribution in [2.45, 2.75) is 20.0 Å². The van der Waals surface area contributed by atoms with Crippen molar-refractivity contribution in [2.24, 2.45) is 5.10 Å². The Morgan fingerprint density at radius 3 is 2.43 bits per heavy atom. The summed E-state index contributed by atoms with van der Waals surface area (Å²) in [5, 5.41) is 4.10. The standard InChI is InChI=1S/C20H24ClN3O5S/c1-14(2)29-17-8-5-15(6-9-17)12-22-23-20(25)13-24(30(4,26)27)16-7-10-19(28-3)18(21)11-16/h5-12,14H,13H2,1-4H3,(H,23,25)/b22-12-. The van der Waals surface area contributed by atoms with Gasteiger partial charge in [0.05, 0.1) is 36.4 Å². The maximum absolute atomic E-state index is 12.2. The Hall–Kier alpha value is -2.78. The number of carbonyl (C=O) groups excluding carboxylic acids is 1. The van der Waals surface area contributed by atoms with Gasteiger partial charge in [-0.1, -0.05) is 11.6 Å². The number of hydrogen-bond acceptors (Lipinski definition) is 6. The first-order valence-corrected chi connectivity index (χ1v) is 11.2. The Labute approximate surface area is 181 Å². The highest BCUT2D eigenvalue weighted by Crippen LogP contribution is 2.30. The second kappa shape index (κ2) is 10.3. The van der Waals surface area contributed by atoms with E-state index in [1.165, 1.54) is 31.5 Å². The number of methoxy groups -OCH3 is 1. The van der Waals surface area contributed by atoms with E-state index < -0.39 is 22.5 Å². The van der Waals surface area contributed by atoms with Gasteiger partial charge in [0.25, 0.3) is 5.91 Å². The number of hydrogen-bond donors (Lipinski definition) is 1. The van der Waals surface area contributed by atoms with Crippen LogP contribution in [0.25, 0.3) is 0 Å². The SMILES string of the molecule is COc1ccc(N(CC(=O)N/N=C\c2ccc(OC(C)C)cc2)S(C)(=O)=O)cc1Cl. The van der Waals surface area contributed by atoms with Gasteiger partial charge in [-0.15, -0.1) is 0 Å². The molecule has 0 bridgehead atoms. The summed E-state index contributed by atoms with van der Waals surface area (Å²) in [4.78, 5) is 12.2. The summed E-state index contributed by atoms with van der Waals surface area (Å²) in [5.41, 5.74) is 3.31.